The van der Waals surface area contributed by atoms with Gasteiger partial charge in [0.05, 0.1) is 35.3 Å². The van der Waals surface area contributed by atoms with Crippen LogP contribution in [0.4, 0.5) is 0 Å². The molecule has 0 aromatic heterocycles. The fourth-order valence-electron chi connectivity index (χ4n) is 3.09. The molecule has 1 heterocycles. The summed E-state index contributed by atoms with van der Waals surface area (Å²) >= 11 is 7.10. The van der Waals surface area contributed by atoms with Gasteiger partial charge in [0.15, 0.2) is 0 Å². The van der Waals surface area contributed by atoms with Gasteiger partial charge in [-0.1, -0.05) is 35.5 Å². The lowest BCUT2D eigenvalue weighted by Gasteiger charge is -2.11. The summed E-state index contributed by atoms with van der Waals surface area (Å²) in [5.74, 6) is -0.555. The molecule has 0 unspecified atom stereocenters. The maximum Gasteiger partial charge on any atom is 0.344 e. The van der Waals surface area contributed by atoms with Gasteiger partial charge in [-0.15, -0.1) is 0 Å². The van der Waals surface area contributed by atoms with Crippen LogP contribution >= 0.6 is 23.4 Å². The number of thioether (sulfide) groups is 1. The van der Waals surface area contributed by atoms with Gasteiger partial charge in [0.1, 0.15) is 27.9 Å². The van der Waals surface area contributed by atoms with E-state index in [9.17, 15) is 14.7 Å². The highest BCUT2D eigenvalue weighted by Gasteiger charge is 2.34. The second-order valence-electron chi connectivity index (χ2n) is 6.82. The molecule has 1 aliphatic rings. The van der Waals surface area contributed by atoms with Crippen molar-refractivity contribution in [3.63, 3.8) is 0 Å². The molecule has 0 atom stereocenters. The van der Waals surface area contributed by atoms with E-state index in [-0.39, 0.29) is 33.6 Å². The number of aliphatic hydroxyl groups excluding tert-OH is 1. The van der Waals surface area contributed by atoms with Gasteiger partial charge < -0.3 is 19.3 Å². The molecule has 3 rings (SSSR count). The third-order valence-electron chi connectivity index (χ3n) is 4.56. The van der Waals surface area contributed by atoms with Crippen molar-refractivity contribution in [1.82, 2.24) is 0 Å². The summed E-state index contributed by atoms with van der Waals surface area (Å²) in [7, 11) is 0. The molecular formula is C25H24ClNO6S. The fourth-order valence-corrected chi connectivity index (χ4v) is 4.31. The molecule has 0 radical (unpaired) electrons. The number of ether oxygens (including phenoxy) is 3. The molecule has 1 amide bonds. The van der Waals surface area contributed by atoms with Crippen molar-refractivity contribution >= 4 is 46.4 Å². The van der Waals surface area contributed by atoms with E-state index >= 15 is 0 Å². The average molecular weight is 502 g/mol. The van der Waals surface area contributed by atoms with E-state index in [0.717, 1.165) is 11.8 Å². The van der Waals surface area contributed by atoms with E-state index < -0.39 is 11.9 Å². The molecule has 178 valence electrons. The Balaban J connectivity index is 2.05. The number of carbonyl (C=O) groups excluding carboxylic acids is 2. The normalized spacial score (nSPS) is 15.6. The van der Waals surface area contributed by atoms with Gasteiger partial charge in [0.25, 0.3) is 5.91 Å². The van der Waals surface area contributed by atoms with Crippen molar-refractivity contribution in [1.29, 1.82) is 0 Å². The quantitative estimate of drug-likeness (QED) is 0.454. The lowest BCUT2D eigenvalue weighted by molar-refractivity contribution is -0.138. The second-order valence-corrected chi connectivity index (χ2v) is 8.26. The first-order chi connectivity index (χ1) is 16.4. The van der Waals surface area contributed by atoms with E-state index in [1.165, 1.54) is 6.07 Å². The molecule has 9 heteroatoms. The third-order valence-corrected chi connectivity index (χ3v) is 5.91. The standard InChI is InChI=1S/C25H24ClNO6S/c1-4-31-16-12-11-15(19(14-16)32-5-2)13-20-22(28)21(25(30)33-6-3)24(34-20)27-23(29)17-9-7-8-10-18(17)26/h7-14,28H,4-6H2,1-3H3/b20-13-,27-24?. The molecule has 0 saturated carbocycles. The Kier molecular flexibility index (Phi) is 8.79. The van der Waals surface area contributed by atoms with Gasteiger partial charge in [-0.3, -0.25) is 4.79 Å². The lowest BCUT2D eigenvalue weighted by Crippen LogP contribution is -2.14. The molecule has 0 spiro atoms. The number of rotatable bonds is 8. The molecule has 0 aliphatic carbocycles. The highest BCUT2D eigenvalue weighted by atomic mass is 35.5. The number of aliphatic hydroxyl groups is 1. The minimum Gasteiger partial charge on any atom is -0.506 e. The summed E-state index contributed by atoms with van der Waals surface area (Å²) in [6.45, 7) is 6.42. The number of carbonyl (C=O) groups is 2. The monoisotopic (exact) mass is 501 g/mol. The van der Waals surface area contributed by atoms with E-state index in [4.69, 9.17) is 25.8 Å². The van der Waals surface area contributed by atoms with Crippen LogP contribution in [0, 0.1) is 0 Å². The van der Waals surface area contributed by atoms with Crippen LogP contribution in [0.25, 0.3) is 6.08 Å². The van der Waals surface area contributed by atoms with Gasteiger partial charge in [-0.05, 0) is 51.1 Å². The highest BCUT2D eigenvalue weighted by molar-refractivity contribution is 8.18. The molecule has 2 aromatic carbocycles. The van der Waals surface area contributed by atoms with Crippen LogP contribution in [-0.2, 0) is 9.53 Å². The lowest BCUT2D eigenvalue weighted by atomic mass is 10.1. The topological polar surface area (TPSA) is 94.4 Å². The summed E-state index contributed by atoms with van der Waals surface area (Å²) in [6.07, 6.45) is 1.66. The van der Waals surface area contributed by atoms with Crippen molar-refractivity contribution in [2.45, 2.75) is 20.8 Å². The van der Waals surface area contributed by atoms with Gasteiger partial charge in [0.2, 0.25) is 0 Å². The minimum absolute atomic E-state index is 0.0241. The predicted molar refractivity (Wildman–Crippen MR) is 134 cm³/mol. The molecule has 34 heavy (non-hydrogen) atoms. The Bertz CT molecular complexity index is 1190. The molecule has 2 aromatic rings. The van der Waals surface area contributed by atoms with E-state index in [2.05, 4.69) is 4.99 Å². The Morgan fingerprint density at radius 3 is 2.47 bits per heavy atom. The smallest absolute Gasteiger partial charge is 0.344 e. The number of aliphatic imine (C=N–C) groups is 1. The number of hydrogen-bond donors (Lipinski definition) is 1. The van der Waals surface area contributed by atoms with Crippen LogP contribution in [0.5, 0.6) is 11.5 Å². The van der Waals surface area contributed by atoms with Crippen LogP contribution in [0.2, 0.25) is 5.02 Å². The Morgan fingerprint density at radius 1 is 1.06 bits per heavy atom. The summed E-state index contributed by atoms with van der Waals surface area (Å²) < 4.78 is 16.3. The number of esters is 1. The predicted octanol–water partition coefficient (Wildman–Crippen LogP) is 5.84. The molecule has 1 N–H and O–H groups in total. The van der Waals surface area contributed by atoms with Crippen molar-refractivity contribution in [3.8, 4) is 11.5 Å². The Morgan fingerprint density at radius 2 is 1.79 bits per heavy atom. The molecule has 0 bridgehead atoms. The summed E-state index contributed by atoms with van der Waals surface area (Å²) in [5.41, 5.74) is 0.659. The first kappa shape index (κ1) is 25.4. The SMILES string of the molecule is CCOC(=O)C1=C(O)/C(=C/c2ccc(OCC)cc2OCC)SC1=NC(=O)c1ccccc1Cl. The zero-order chi connectivity index (χ0) is 24.7. The highest BCUT2D eigenvalue weighted by Crippen LogP contribution is 2.41. The van der Waals surface area contributed by atoms with Gasteiger partial charge in [-0.25, -0.2) is 9.79 Å². The number of halogens is 1. The molecule has 0 fully saturated rings. The number of benzene rings is 2. The van der Waals surface area contributed by atoms with E-state index in [1.807, 2.05) is 13.8 Å². The largest absolute Gasteiger partial charge is 0.506 e. The number of nitrogens with zero attached hydrogens (tertiary/aromatic N) is 1. The Labute approximate surface area is 207 Å². The third kappa shape index (κ3) is 5.81. The van der Waals surface area contributed by atoms with Crippen LogP contribution in [0.15, 0.2) is 63.7 Å². The molecular weight excluding hydrogens is 478 g/mol. The van der Waals surface area contributed by atoms with Crippen LogP contribution in [-0.4, -0.2) is 41.8 Å². The van der Waals surface area contributed by atoms with Crippen molar-refractivity contribution in [2.75, 3.05) is 19.8 Å². The summed E-state index contributed by atoms with van der Waals surface area (Å²) in [5, 5.41) is 11.1. The fraction of sp³-hybridized carbons (Fsp3) is 0.240. The maximum atomic E-state index is 12.8. The van der Waals surface area contributed by atoms with Crippen molar-refractivity contribution in [3.05, 3.63) is 74.9 Å². The van der Waals surface area contributed by atoms with E-state index in [1.54, 1.807) is 49.4 Å². The zero-order valence-electron chi connectivity index (χ0n) is 19.0. The first-order valence-electron chi connectivity index (χ1n) is 10.7. The van der Waals surface area contributed by atoms with Crippen molar-refractivity contribution in [2.24, 2.45) is 4.99 Å². The maximum absolute atomic E-state index is 12.8. The van der Waals surface area contributed by atoms with Crippen molar-refractivity contribution < 1.29 is 28.9 Å². The molecule has 7 nitrogen and oxygen atoms in total. The first-order valence-corrected chi connectivity index (χ1v) is 11.9. The van der Waals surface area contributed by atoms with Gasteiger partial charge >= 0.3 is 5.97 Å². The Hall–Kier alpha value is -3.23. The summed E-state index contributed by atoms with van der Waals surface area (Å²) in [6, 6.07) is 11.8. The molecule has 1 aliphatic heterocycles. The molecule has 0 saturated heterocycles. The van der Waals surface area contributed by atoms with Crippen LogP contribution < -0.4 is 9.47 Å². The zero-order valence-corrected chi connectivity index (χ0v) is 20.5. The van der Waals surface area contributed by atoms with Gasteiger partial charge in [0, 0.05) is 11.6 Å². The van der Waals surface area contributed by atoms with Crippen LogP contribution in [0.1, 0.15) is 36.7 Å². The van der Waals surface area contributed by atoms with Crippen LogP contribution in [0.3, 0.4) is 0 Å². The second kappa shape index (κ2) is 11.8. The number of amides is 1. The summed E-state index contributed by atoms with van der Waals surface area (Å²) in [4.78, 5) is 29.8. The van der Waals surface area contributed by atoms with E-state index in [0.29, 0.717) is 35.2 Å². The van der Waals surface area contributed by atoms with Gasteiger partial charge in [-0.2, -0.15) is 0 Å². The number of hydrogen-bond acceptors (Lipinski definition) is 7. The minimum atomic E-state index is -0.779. The average Bonchev–Trinajstić information content (AvgIpc) is 3.10.